The number of benzene rings is 1. The summed E-state index contributed by atoms with van der Waals surface area (Å²) in [6, 6.07) is 7.24. The van der Waals surface area contributed by atoms with Crippen LogP contribution in [0.25, 0.3) is 0 Å². The summed E-state index contributed by atoms with van der Waals surface area (Å²) < 4.78 is 5.64. The maximum absolute atomic E-state index is 12.0. The van der Waals surface area contributed by atoms with Gasteiger partial charge in [0.05, 0.1) is 6.61 Å². The van der Waals surface area contributed by atoms with Crippen LogP contribution in [0.2, 0.25) is 0 Å². The Kier molecular flexibility index (Phi) is 4.10. The standard InChI is InChI=1S/C15H22N2O2/c1-15(2,10-16)17-14(18)12-5-7-13(8-6-12)19-9-11-3-4-11/h5-8,11H,3-4,9-10,16H2,1-2H3,(H,17,18). The van der Waals surface area contributed by atoms with E-state index in [0.717, 1.165) is 18.3 Å². The molecule has 0 aliphatic heterocycles. The van der Waals surface area contributed by atoms with E-state index in [1.807, 2.05) is 26.0 Å². The first-order chi connectivity index (χ1) is 9.00. The number of amides is 1. The molecule has 19 heavy (non-hydrogen) atoms. The molecule has 0 spiro atoms. The zero-order valence-electron chi connectivity index (χ0n) is 11.6. The second kappa shape index (κ2) is 5.61. The van der Waals surface area contributed by atoms with Gasteiger partial charge in [0.2, 0.25) is 0 Å². The highest BCUT2D eigenvalue weighted by Crippen LogP contribution is 2.29. The summed E-state index contributed by atoms with van der Waals surface area (Å²) in [5, 5.41) is 2.90. The Morgan fingerprint density at radius 3 is 2.53 bits per heavy atom. The molecule has 1 aliphatic carbocycles. The third-order valence-corrected chi connectivity index (χ3v) is 3.26. The first kappa shape index (κ1) is 13.9. The second-order valence-electron chi connectivity index (χ2n) is 5.82. The van der Waals surface area contributed by atoms with Crippen LogP contribution in [-0.2, 0) is 0 Å². The summed E-state index contributed by atoms with van der Waals surface area (Å²) in [4.78, 5) is 12.0. The lowest BCUT2D eigenvalue weighted by molar-refractivity contribution is 0.0915. The fourth-order valence-corrected chi connectivity index (χ4v) is 1.63. The number of nitrogens with two attached hydrogens (primary N) is 1. The molecule has 2 rings (SSSR count). The molecule has 1 fully saturated rings. The number of ether oxygens (including phenoxy) is 1. The van der Waals surface area contributed by atoms with Crippen LogP contribution in [0, 0.1) is 5.92 Å². The van der Waals surface area contributed by atoms with Crippen LogP contribution in [0.4, 0.5) is 0 Å². The molecule has 1 aromatic carbocycles. The first-order valence-electron chi connectivity index (χ1n) is 6.75. The van der Waals surface area contributed by atoms with E-state index in [1.165, 1.54) is 12.8 Å². The Hall–Kier alpha value is -1.55. The smallest absolute Gasteiger partial charge is 0.251 e. The highest BCUT2D eigenvalue weighted by Gasteiger charge is 2.22. The molecule has 4 heteroatoms. The van der Waals surface area contributed by atoms with Gasteiger partial charge in [0.25, 0.3) is 5.91 Å². The maximum atomic E-state index is 12.0. The minimum atomic E-state index is -0.391. The lowest BCUT2D eigenvalue weighted by Crippen LogP contribution is -2.48. The van der Waals surface area contributed by atoms with Crippen LogP contribution in [0.5, 0.6) is 5.75 Å². The average molecular weight is 262 g/mol. The predicted octanol–water partition coefficient (Wildman–Crippen LogP) is 1.94. The van der Waals surface area contributed by atoms with E-state index in [0.29, 0.717) is 12.1 Å². The van der Waals surface area contributed by atoms with Crippen molar-refractivity contribution < 1.29 is 9.53 Å². The summed E-state index contributed by atoms with van der Waals surface area (Å²) in [6.07, 6.45) is 2.54. The lowest BCUT2D eigenvalue weighted by Gasteiger charge is -2.24. The molecule has 4 nitrogen and oxygen atoms in total. The number of carbonyl (C=O) groups excluding carboxylic acids is 1. The van der Waals surface area contributed by atoms with Gasteiger partial charge in [0.1, 0.15) is 5.75 Å². The van der Waals surface area contributed by atoms with E-state index >= 15 is 0 Å². The minimum absolute atomic E-state index is 0.107. The van der Waals surface area contributed by atoms with E-state index in [2.05, 4.69) is 5.32 Å². The van der Waals surface area contributed by atoms with E-state index in [9.17, 15) is 4.79 Å². The molecule has 0 radical (unpaired) electrons. The lowest BCUT2D eigenvalue weighted by atomic mass is 10.1. The van der Waals surface area contributed by atoms with Gasteiger partial charge in [-0.1, -0.05) is 0 Å². The van der Waals surface area contributed by atoms with Crippen LogP contribution in [0.1, 0.15) is 37.0 Å². The van der Waals surface area contributed by atoms with E-state index in [-0.39, 0.29) is 5.91 Å². The van der Waals surface area contributed by atoms with E-state index in [4.69, 9.17) is 10.5 Å². The number of hydrogen-bond acceptors (Lipinski definition) is 3. The minimum Gasteiger partial charge on any atom is -0.493 e. The molecule has 1 saturated carbocycles. The molecular weight excluding hydrogens is 240 g/mol. The van der Waals surface area contributed by atoms with Crippen molar-refractivity contribution >= 4 is 5.91 Å². The molecule has 0 unspecified atom stereocenters. The molecule has 0 bridgehead atoms. The van der Waals surface area contributed by atoms with Gasteiger partial charge < -0.3 is 15.8 Å². The molecule has 1 aromatic rings. The van der Waals surface area contributed by atoms with Gasteiger partial charge in [-0.15, -0.1) is 0 Å². The highest BCUT2D eigenvalue weighted by molar-refractivity contribution is 5.94. The van der Waals surface area contributed by atoms with Crippen LogP contribution in [-0.4, -0.2) is 24.6 Å². The Labute approximate surface area is 114 Å². The van der Waals surface area contributed by atoms with Crippen molar-refractivity contribution in [3.8, 4) is 5.75 Å². The van der Waals surface area contributed by atoms with Crippen molar-refractivity contribution in [1.29, 1.82) is 0 Å². The normalized spacial score (nSPS) is 15.1. The maximum Gasteiger partial charge on any atom is 0.251 e. The van der Waals surface area contributed by atoms with Crippen LogP contribution in [0.15, 0.2) is 24.3 Å². The Bertz CT molecular complexity index is 436. The van der Waals surface area contributed by atoms with Crippen molar-refractivity contribution in [1.82, 2.24) is 5.32 Å². The van der Waals surface area contributed by atoms with Gasteiger partial charge in [-0.2, -0.15) is 0 Å². The van der Waals surface area contributed by atoms with Crippen molar-refractivity contribution in [3.63, 3.8) is 0 Å². The zero-order valence-corrected chi connectivity index (χ0v) is 11.6. The quantitative estimate of drug-likeness (QED) is 0.823. The molecule has 0 aromatic heterocycles. The van der Waals surface area contributed by atoms with Crippen LogP contribution in [0.3, 0.4) is 0 Å². The van der Waals surface area contributed by atoms with Gasteiger partial charge in [0, 0.05) is 17.6 Å². The average Bonchev–Trinajstić information content (AvgIpc) is 3.20. The number of rotatable bonds is 6. The van der Waals surface area contributed by atoms with Crippen LogP contribution >= 0.6 is 0 Å². The molecule has 1 aliphatic rings. The zero-order chi connectivity index (χ0) is 13.9. The molecule has 104 valence electrons. The predicted molar refractivity (Wildman–Crippen MR) is 75.3 cm³/mol. The third kappa shape index (κ3) is 4.24. The van der Waals surface area contributed by atoms with Crippen molar-refractivity contribution in [2.24, 2.45) is 11.7 Å². The number of nitrogens with one attached hydrogen (secondary N) is 1. The fraction of sp³-hybridized carbons (Fsp3) is 0.533. The second-order valence-corrected chi connectivity index (χ2v) is 5.82. The number of carbonyl (C=O) groups is 1. The summed E-state index contributed by atoms with van der Waals surface area (Å²) in [5.41, 5.74) is 5.83. The van der Waals surface area contributed by atoms with E-state index < -0.39 is 5.54 Å². The van der Waals surface area contributed by atoms with Gasteiger partial charge >= 0.3 is 0 Å². The topological polar surface area (TPSA) is 64.3 Å². The van der Waals surface area contributed by atoms with Gasteiger partial charge in [-0.05, 0) is 56.9 Å². The first-order valence-corrected chi connectivity index (χ1v) is 6.75. The SMILES string of the molecule is CC(C)(CN)NC(=O)c1ccc(OCC2CC2)cc1. The third-order valence-electron chi connectivity index (χ3n) is 3.26. The summed E-state index contributed by atoms with van der Waals surface area (Å²) in [5.74, 6) is 1.44. The monoisotopic (exact) mass is 262 g/mol. The molecule has 3 N–H and O–H groups in total. The summed E-state index contributed by atoms with van der Waals surface area (Å²) in [7, 11) is 0. The van der Waals surface area contributed by atoms with Crippen molar-refractivity contribution in [2.45, 2.75) is 32.2 Å². The fourth-order valence-electron chi connectivity index (χ4n) is 1.63. The molecule has 0 saturated heterocycles. The summed E-state index contributed by atoms with van der Waals surface area (Å²) >= 11 is 0. The van der Waals surface area contributed by atoms with Crippen molar-refractivity contribution in [2.75, 3.05) is 13.2 Å². The van der Waals surface area contributed by atoms with Crippen molar-refractivity contribution in [3.05, 3.63) is 29.8 Å². The molecule has 0 heterocycles. The van der Waals surface area contributed by atoms with E-state index in [1.54, 1.807) is 12.1 Å². The molecule has 1 amide bonds. The van der Waals surface area contributed by atoms with Gasteiger partial charge in [-0.25, -0.2) is 0 Å². The highest BCUT2D eigenvalue weighted by atomic mass is 16.5. The molecular formula is C15H22N2O2. The molecule has 0 atom stereocenters. The Morgan fingerprint density at radius 1 is 1.37 bits per heavy atom. The van der Waals surface area contributed by atoms with Gasteiger partial charge in [-0.3, -0.25) is 4.79 Å². The largest absolute Gasteiger partial charge is 0.493 e. The Balaban J connectivity index is 1.91. The van der Waals surface area contributed by atoms with Crippen LogP contribution < -0.4 is 15.8 Å². The van der Waals surface area contributed by atoms with Gasteiger partial charge in [0.15, 0.2) is 0 Å². The number of hydrogen-bond donors (Lipinski definition) is 2. The summed E-state index contributed by atoms with van der Waals surface area (Å²) in [6.45, 7) is 4.99. The Morgan fingerprint density at radius 2 is 2.00 bits per heavy atom.